The Morgan fingerprint density at radius 2 is 1.32 bits per heavy atom. The molecule has 2 rings (SSSR count). The molecule has 0 fully saturated rings. The maximum Gasteiger partial charge on any atom is 0.0556 e. The number of hydrogen-bond donors (Lipinski definition) is 1. The van der Waals surface area contributed by atoms with Gasteiger partial charge in [-0.05, 0) is 68.0 Å². The second-order valence-electron chi connectivity index (χ2n) is 5.63. The third-order valence-electron chi connectivity index (χ3n) is 3.94. The van der Waals surface area contributed by atoms with Crippen molar-refractivity contribution in [3.05, 3.63) is 69.3 Å². The topological polar surface area (TPSA) is 26.0 Å². The summed E-state index contributed by atoms with van der Waals surface area (Å²) in [6, 6.07) is 10.9. The summed E-state index contributed by atoms with van der Waals surface area (Å²) in [4.78, 5) is 0. The van der Waals surface area contributed by atoms with Crippen LogP contribution in [0.1, 0.15) is 45.0 Å². The van der Waals surface area contributed by atoms with E-state index < -0.39 is 0 Å². The molecule has 0 spiro atoms. The molecule has 2 aromatic rings. The minimum absolute atomic E-state index is 0.0418. The lowest BCUT2D eigenvalue weighted by Crippen LogP contribution is -2.15. The Hall–Kier alpha value is -1.60. The number of benzene rings is 2. The molecule has 0 amide bonds. The second-order valence-corrected chi connectivity index (χ2v) is 5.63. The van der Waals surface area contributed by atoms with E-state index in [4.69, 9.17) is 5.73 Å². The van der Waals surface area contributed by atoms with Crippen molar-refractivity contribution >= 4 is 0 Å². The number of nitrogens with two attached hydrogens (primary N) is 1. The van der Waals surface area contributed by atoms with Crippen LogP contribution in [0, 0.1) is 34.6 Å². The van der Waals surface area contributed by atoms with Crippen molar-refractivity contribution in [3.8, 4) is 0 Å². The Balaban J connectivity index is 2.49. The van der Waals surface area contributed by atoms with Crippen molar-refractivity contribution < 1.29 is 0 Å². The Morgan fingerprint density at radius 1 is 0.737 bits per heavy atom. The molecular formula is C18H23N. The molecule has 1 heteroatoms. The fourth-order valence-corrected chi connectivity index (χ4v) is 2.81. The van der Waals surface area contributed by atoms with Gasteiger partial charge < -0.3 is 5.73 Å². The molecule has 0 aromatic heterocycles. The number of aryl methyl sites for hydroxylation is 5. The zero-order valence-electron chi connectivity index (χ0n) is 12.5. The minimum Gasteiger partial charge on any atom is -0.320 e. The smallest absolute Gasteiger partial charge is 0.0556 e. The summed E-state index contributed by atoms with van der Waals surface area (Å²) >= 11 is 0. The molecule has 0 saturated heterocycles. The van der Waals surface area contributed by atoms with Crippen LogP contribution in [0.4, 0.5) is 0 Å². The van der Waals surface area contributed by atoms with E-state index in [1.54, 1.807) is 0 Å². The second kappa shape index (κ2) is 5.18. The van der Waals surface area contributed by atoms with E-state index in [9.17, 15) is 0 Å². The first-order valence-corrected chi connectivity index (χ1v) is 6.80. The Morgan fingerprint density at radius 3 is 1.84 bits per heavy atom. The number of hydrogen-bond acceptors (Lipinski definition) is 1. The molecule has 0 radical (unpaired) electrons. The third kappa shape index (κ3) is 2.71. The largest absolute Gasteiger partial charge is 0.320 e. The molecule has 2 aromatic carbocycles. The van der Waals surface area contributed by atoms with Crippen LogP contribution in [-0.4, -0.2) is 0 Å². The molecule has 0 aliphatic heterocycles. The molecular weight excluding hydrogens is 230 g/mol. The summed E-state index contributed by atoms with van der Waals surface area (Å²) < 4.78 is 0. The van der Waals surface area contributed by atoms with Gasteiger partial charge in [0.05, 0.1) is 6.04 Å². The molecule has 0 aliphatic rings. The summed E-state index contributed by atoms with van der Waals surface area (Å²) in [7, 11) is 0. The average Bonchev–Trinajstić information content (AvgIpc) is 2.31. The molecule has 0 saturated carbocycles. The molecule has 19 heavy (non-hydrogen) atoms. The molecule has 0 aliphatic carbocycles. The van der Waals surface area contributed by atoms with Gasteiger partial charge in [-0.1, -0.05) is 35.9 Å². The monoisotopic (exact) mass is 253 g/mol. The first-order chi connectivity index (χ1) is 8.90. The quantitative estimate of drug-likeness (QED) is 0.849. The van der Waals surface area contributed by atoms with Gasteiger partial charge in [-0.15, -0.1) is 0 Å². The van der Waals surface area contributed by atoms with Crippen LogP contribution in [0.2, 0.25) is 0 Å². The summed E-state index contributed by atoms with van der Waals surface area (Å²) in [6.07, 6.45) is 0. The maximum absolute atomic E-state index is 6.49. The zero-order chi connectivity index (χ0) is 14.2. The van der Waals surface area contributed by atoms with Crippen LogP contribution in [0.25, 0.3) is 0 Å². The van der Waals surface area contributed by atoms with Crippen LogP contribution in [0.5, 0.6) is 0 Å². The Labute approximate surface area is 116 Å². The zero-order valence-corrected chi connectivity index (χ0v) is 12.5. The Bertz CT molecular complexity index is 588. The molecule has 0 heterocycles. The summed E-state index contributed by atoms with van der Waals surface area (Å²) in [5.74, 6) is 0. The van der Waals surface area contributed by atoms with Crippen LogP contribution in [0.3, 0.4) is 0 Å². The van der Waals surface area contributed by atoms with Crippen molar-refractivity contribution in [2.24, 2.45) is 5.73 Å². The van der Waals surface area contributed by atoms with E-state index >= 15 is 0 Å². The first kappa shape index (κ1) is 13.8. The molecule has 0 bridgehead atoms. The lowest BCUT2D eigenvalue weighted by Gasteiger charge is -2.19. The molecule has 1 unspecified atom stereocenters. The van der Waals surface area contributed by atoms with Crippen molar-refractivity contribution in [1.82, 2.24) is 0 Å². The highest BCUT2D eigenvalue weighted by atomic mass is 14.6. The summed E-state index contributed by atoms with van der Waals surface area (Å²) in [5.41, 5.74) is 15.4. The van der Waals surface area contributed by atoms with Crippen molar-refractivity contribution in [3.63, 3.8) is 0 Å². The summed E-state index contributed by atoms with van der Waals surface area (Å²) in [6.45, 7) is 10.7. The lowest BCUT2D eigenvalue weighted by atomic mass is 9.89. The van der Waals surface area contributed by atoms with Crippen molar-refractivity contribution in [2.45, 2.75) is 40.7 Å². The SMILES string of the molecule is Cc1cc(C)c(C(N)c2ccc(C)c(C)c2)c(C)c1. The van der Waals surface area contributed by atoms with Gasteiger partial charge >= 0.3 is 0 Å². The predicted molar refractivity (Wildman–Crippen MR) is 82.6 cm³/mol. The van der Waals surface area contributed by atoms with Gasteiger partial charge in [0, 0.05) is 0 Å². The van der Waals surface area contributed by atoms with Crippen LogP contribution < -0.4 is 5.73 Å². The van der Waals surface area contributed by atoms with Gasteiger partial charge in [0.2, 0.25) is 0 Å². The first-order valence-electron chi connectivity index (χ1n) is 6.80. The fraction of sp³-hybridized carbons (Fsp3) is 0.333. The van der Waals surface area contributed by atoms with E-state index in [0.29, 0.717) is 0 Å². The van der Waals surface area contributed by atoms with Gasteiger partial charge in [-0.2, -0.15) is 0 Å². The highest BCUT2D eigenvalue weighted by Gasteiger charge is 2.14. The van der Waals surface area contributed by atoms with Crippen molar-refractivity contribution in [2.75, 3.05) is 0 Å². The third-order valence-corrected chi connectivity index (χ3v) is 3.94. The summed E-state index contributed by atoms with van der Waals surface area (Å²) in [5, 5.41) is 0. The highest BCUT2D eigenvalue weighted by Crippen LogP contribution is 2.28. The maximum atomic E-state index is 6.49. The molecule has 1 nitrogen and oxygen atoms in total. The molecule has 100 valence electrons. The number of rotatable bonds is 2. The van der Waals surface area contributed by atoms with Crippen LogP contribution >= 0.6 is 0 Å². The standard InChI is InChI=1S/C18H23N/c1-11-8-14(4)17(15(5)9-11)18(19)16-7-6-12(2)13(3)10-16/h6-10,18H,19H2,1-5H3. The predicted octanol–water partition coefficient (Wildman–Crippen LogP) is 4.28. The van der Waals surface area contributed by atoms with E-state index in [-0.39, 0.29) is 6.04 Å². The van der Waals surface area contributed by atoms with Crippen LogP contribution in [-0.2, 0) is 0 Å². The Kier molecular flexibility index (Phi) is 3.77. The van der Waals surface area contributed by atoms with Gasteiger partial charge in [0.25, 0.3) is 0 Å². The normalized spacial score (nSPS) is 12.5. The van der Waals surface area contributed by atoms with Gasteiger partial charge in [-0.3, -0.25) is 0 Å². The van der Waals surface area contributed by atoms with E-state index in [1.165, 1.54) is 38.9 Å². The lowest BCUT2D eigenvalue weighted by molar-refractivity contribution is 0.848. The van der Waals surface area contributed by atoms with Gasteiger partial charge in [-0.25, -0.2) is 0 Å². The fourth-order valence-electron chi connectivity index (χ4n) is 2.81. The minimum atomic E-state index is -0.0418. The van der Waals surface area contributed by atoms with Crippen molar-refractivity contribution in [1.29, 1.82) is 0 Å². The molecule has 1 atom stereocenters. The van der Waals surface area contributed by atoms with Gasteiger partial charge in [0.1, 0.15) is 0 Å². The van der Waals surface area contributed by atoms with Gasteiger partial charge in [0.15, 0.2) is 0 Å². The van der Waals surface area contributed by atoms with Crippen LogP contribution in [0.15, 0.2) is 30.3 Å². The average molecular weight is 253 g/mol. The highest BCUT2D eigenvalue weighted by molar-refractivity contribution is 5.45. The van der Waals surface area contributed by atoms with E-state index in [2.05, 4.69) is 65.0 Å². The van der Waals surface area contributed by atoms with E-state index in [0.717, 1.165) is 0 Å². The molecule has 2 N–H and O–H groups in total. The van der Waals surface area contributed by atoms with E-state index in [1.807, 2.05) is 0 Å².